The first-order valence-electron chi connectivity index (χ1n) is 9.57. The maximum atomic E-state index is 6.26. The monoisotopic (exact) mass is 367 g/mol. The molecular weight excluding hydrogens is 338 g/mol. The van der Waals surface area contributed by atoms with Crippen molar-refractivity contribution in [3.05, 3.63) is 54.1 Å². The minimum Gasteiger partial charge on any atom is -0.493 e. The normalized spacial score (nSPS) is 12.6. The summed E-state index contributed by atoms with van der Waals surface area (Å²) >= 11 is 0. The maximum absolute atomic E-state index is 6.26. The lowest BCUT2D eigenvalue weighted by atomic mass is 9.96. The molecule has 2 N–H and O–H groups in total. The van der Waals surface area contributed by atoms with Gasteiger partial charge in [0.25, 0.3) is 0 Å². The number of methoxy groups -OCH3 is 1. The zero-order valence-electron chi connectivity index (χ0n) is 16.4. The third-order valence-corrected chi connectivity index (χ3v) is 4.82. The van der Waals surface area contributed by atoms with Gasteiger partial charge in [-0.25, -0.2) is 0 Å². The van der Waals surface area contributed by atoms with Crippen LogP contribution in [0.1, 0.15) is 25.8 Å². The van der Waals surface area contributed by atoms with E-state index in [1.165, 1.54) is 5.56 Å². The first kappa shape index (κ1) is 19.5. The van der Waals surface area contributed by atoms with Crippen LogP contribution >= 0.6 is 0 Å². The maximum Gasteiger partial charge on any atom is 0.139 e. The predicted octanol–water partition coefficient (Wildman–Crippen LogP) is 5.04. The van der Waals surface area contributed by atoms with Crippen LogP contribution in [0, 0.1) is 5.92 Å². The summed E-state index contributed by atoms with van der Waals surface area (Å²) < 4.78 is 17.3. The molecule has 1 aromatic heterocycles. The standard InChI is InChI=1S/C23H29NO3/c1-16(2)20(24)13-17-9-10-19(22(14-17)26-12-6-11-25-3)23-15-18-7-4-5-8-21(18)27-23/h4-5,7-10,14-16,20H,6,11-13,24H2,1-3H3. The van der Waals surface area contributed by atoms with E-state index in [4.69, 9.17) is 19.6 Å². The van der Waals surface area contributed by atoms with Gasteiger partial charge in [-0.15, -0.1) is 0 Å². The molecule has 144 valence electrons. The van der Waals surface area contributed by atoms with Crippen LogP contribution in [0.3, 0.4) is 0 Å². The van der Waals surface area contributed by atoms with E-state index in [0.29, 0.717) is 19.1 Å². The largest absolute Gasteiger partial charge is 0.493 e. The van der Waals surface area contributed by atoms with Crippen molar-refractivity contribution in [2.75, 3.05) is 20.3 Å². The number of rotatable bonds is 9. The van der Waals surface area contributed by atoms with Crippen molar-refractivity contribution >= 4 is 11.0 Å². The number of para-hydroxylation sites is 1. The van der Waals surface area contributed by atoms with Crippen LogP contribution in [0.15, 0.2) is 52.9 Å². The molecule has 4 nitrogen and oxygen atoms in total. The zero-order chi connectivity index (χ0) is 19.2. The summed E-state index contributed by atoms with van der Waals surface area (Å²) in [5.41, 5.74) is 9.28. The molecule has 0 radical (unpaired) electrons. The summed E-state index contributed by atoms with van der Waals surface area (Å²) in [6, 6.07) is 16.5. The highest BCUT2D eigenvalue weighted by molar-refractivity contribution is 5.84. The van der Waals surface area contributed by atoms with Gasteiger partial charge in [0.2, 0.25) is 0 Å². The van der Waals surface area contributed by atoms with Crippen molar-refractivity contribution in [3.63, 3.8) is 0 Å². The van der Waals surface area contributed by atoms with E-state index in [9.17, 15) is 0 Å². The van der Waals surface area contributed by atoms with Crippen LogP contribution in [0.4, 0.5) is 0 Å². The van der Waals surface area contributed by atoms with E-state index < -0.39 is 0 Å². The van der Waals surface area contributed by atoms with Crippen molar-refractivity contribution in [3.8, 4) is 17.1 Å². The second-order valence-corrected chi connectivity index (χ2v) is 7.29. The lowest BCUT2D eigenvalue weighted by Crippen LogP contribution is -2.28. The molecule has 3 rings (SSSR count). The molecule has 1 atom stereocenters. The van der Waals surface area contributed by atoms with Crippen LogP contribution in [-0.2, 0) is 11.2 Å². The molecule has 1 heterocycles. The lowest BCUT2D eigenvalue weighted by molar-refractivity contribution is 0.172. The highest BCUT2D eigenvalue weighted by Crippen LogP contribution is 2.35. The van der Waals surface area contributed by atoms with Crippen LogP contribution in [0.2, 0.25) is 0 Å². The summed E-state index contributed by atoms with van der Waals surface area (Å²) in [6.45, 7) is 5.57. The SMILES string of the molecule is COCCCOc1cc(CC(N)C(C)C)ccc1-c1cc2ccccc2o1. The van der Waals surface area contributed by atoms with Gasteiger partial charge in [0.1, 0.15) is 17.1 Å². The fraction of sp³-hybridized carbons (Fsp3) is 0.391. The Labute approximate surface area is 161 Å². The Balaban J connectivity index is 1.90. The van der Waals surface area contributed by atoms with E-state index in [2.05, 4.69) is 44.2 Å². The molecule has 3 aromatic rings. The Morgan fingerprint density at radius 3 is 2.59 bits per heavy atom. The van der Waals surface area contributed by atoms with E-state index in [0.717, 1.165) is 40.9 Å². The molecular formula is C23H29NO3. The molecule has 1 unspecified atom stereocenters. The van der Waals surface area contributed by atoms with Gasteiger partial charge in [-0.1, -0.05) is 38.1 Å². The van der Waals surface area contributed by atoms with E-state index in [-0.39, 0.29) is 6.04 Å². The highest BCUT2D eigenvalue weighted by atomic mass is 16.5. The molecule has 0 aliphatic heterocycles. The quantitative estimate of drug-likeness (QED) is 0.538. The van der Waals surface area contributed by atoms with Gasteiger partial charge in [-0.3, -0.25) is 0 Å². The Kier molecular flexibility index (Phi) is 6.54. The average molecular weight is 367 g/mol. The van der Waals surface area contributed by atoms with E-state index in [1.807, 2.05) is 18.2 Å². The Hall–Kier alpha value is -2.30. The summed E-state index contributed by atoms with van der Waals surface area (Å²) in [5.74, 6) is 2.09. The Bertz CT molecular complexity index is 836. The lowest BCUT2D eigenvalue weighted by Gasteiger charge is -2.17. The van der Waals surface area contributed by atoms with Crippen LogP contribution < -0.4 is 10.5 Å². The summed E-state index contributed by atoms with van der Waals surface area (Å²) in [5, 5.41) is 1.09. The molecule has 0 spiro atoms. The average Bonchev–Trinajstić information content (AvgIpc) is 3.09. The highest BCUT2D eigenvalue weighted by Gasteiger charge is 2.15. The first-order valence-corrected chi connectivity index (χ1v) is 9.57. The molecule has 27 heavy (non-hydrogen) atoms. The van der Waals surface area contributed by atoms with Crippen molar-refractivity contribution in [2.45, 2.75) is 32.7 Å². The number of ether oxygens (including phenoxy) is 2. The van der Waals surface area contributed by atoms with Crippen LogP contribution in [-0.4, -0.2) is 26.4 Å². The number of furan rings is 1. The number of nitrogens with two attached hydrogens (primary N) is 1. The second-order valence-electron chi connectivity index (χ2n) is 7.29. The third kappa shape index (κ3) is 4.90. The van der Waals surface area contributed by atoms with Gasteiger partial charge < -0.3 is 19.6 Å². The number of benzene rings is 2. The van der Waals surface area contributed by atoms with Gasteiger partial charge in [0, 0.05) is 31.6 Å². The van der Waals surface area contributed by atoms with Crippen LogP contribution in [0.5, 0.6) is 5.75 Å². The first-order chi connectivity index (χ1) is 13.1. The molecule has 0 aliphatic rings. The van der Waals surface area contributed by atoms with Crippen LogP contribution in [0.25, 0.3) is 22.3 Å². The molecule has 0 saturated carbocycles. The summed E-state index contributed by atoms with van der Waals surface area (Å²) in [6.07, 6.45) is 1.66. The fourth-order valence-corrected chi connectivity index (χ4v) is 3.02. The van der Waals surface area contributed by atoms with Gasteiger partial charge in [-0.05, 0) is 42.2 Å². The zero-order valence-corrected chi connectivity index (χ0v) is 16.4. The molecule has 0 saturated heterocycles. The summed E-state index contributed by atoms with van der Waals surface area (Å²) in [7, 11) is 1.70. The second kappa shape index (κ2) is 9.07. The van der Waals surface area contributed by atoms with Crippen molar-refractivity contribution in [2.24, 2.45) is 11.7 Å². The van der Waals surface area contributed by atoms with E-state index in [1.54, 1.807) is 7.11 Å². The third-order valence-electron chi connectivity index (χ3n) is 4.82. The molecule has 2 aromatic carbocycles. The van der Waals surface area contributed by atoms with Gasteiger partial charge >= 0.3 is 0 Å². The fourth-order valence-electron chi connectivity index (χ4n) is 3.02. The smallest absolute Gasteiger partial charge is 0.139 e. The topological polar surface area (TPSA) is 57.6 Å². The van der Waals surface area contributed by atoms with Gasteiger partial charge in [-0.2, -0.15) is 0 Å². The van der Waals surface area contributed by atoms with E-state index >= 15 is 0 Å². The van der Waals surface area contributed by atoms with Crippen molar-refractivity contribution in [1.82, 2.24) is 0 Å². The Morgan fingerprint density at radius 1 is 1.04 bits per heavy atom. The predicted molar refractivity (Wildman–Crippen MR) is 110 cm³/mol. The molecule has 0 bridgehead atoms. The Morgan fingerprint density at radius 2 is 1.85 bits per heavy atom. The number of hydrogen-bond donors (Lipinski definition) is 1. The van der Waals surface area contributed by atoms with Crippen molar-refractivity contribution < 1.29 is 13.9 Å². The minimum atomic E-state index is 0.128. The molecule has 0 fully saturated rings. The molecule has 4 heteroatoms. The minimum absolute atomic E-state index is 0.128. The van der Waals surface area contributed by atoms with Gasteiger partial charge in [0.05, 0.1) is 12.2 Å². The summed E-state index contributed by atoms with van der Waals surface area (Å²) in [4.78, 5) is 0. The van der Waals surface area contributed by atoms with Crippen molar-refractivity contribution in [1.29, 1.82) is 0 Å². The molecule has 0 amide bonds. The number of hydrogen-bond acceptors (Lipinski definition) is 4. The number of fused-ring (bicyclic) bond motifs is 1. The van der Waals surface area contributed by atoms with Gasteiger partial charge in [0.15, 0.2) is 0 Å². The molecule has 0 aliphatic carbocycles.